The number of methoxy groups -OCH3 is 1. The highest BCUT2D eigenvalue weighted by Crippen LogP contribution is 2.27. The number of thioether (sulfide) groups is 1. The number of carbonyl (C=O) groups excluding carboxylic acids is 1. The molecular formula is C17H14F4N6O3S. The average Bonchev–Trinajstić information content (AvgIpc) is 3.39. The van der Waals surface area contributed by atoms with Crippen LogP contribution in [0.1, 0.15) is 16.1 Å². The Hall–Kier alpha value is -3.42. The predicted octanol–water partition coefficient (Wildman–Crippen LogP) is 3.13. The van der Waals surface area contributed by atoms with E-state index in [0.717, 1.165) is 12.1 Å². The summed E-state index contributed by atoms with van der Waals surface area (Å²) in [6.07, 6.45) is -4.37. The Morgan fingerprint density at radius 1 is 1.35 bits per heavy atom. The van der Waals surface area contributed by atoms with Crippen molar-refractivity contribution in [2.24, 2.45) is 5.10 Å². The fraction of sp³-hybridized carbons (Fsp3) is 0.235. The second-order valence-corrected chi connectivity index (χ2v) is 6.66. The van der Waals surface area contributed by atoms with Crippen molar-refractivity contribution < 1.29 is 31.8 Å². The highest BCUT2D eigenvalue weighted by molar-refractivity contribution is 7.98. The van der Waals surface area contributed by atoms with E-state index < -0.39 is 24.3 Å². The fourth-order valence-electron chi connectivity index (χ4n) is 2.15. The van der Waals surface area contributed by atoms with Crippen molar-refractivity contribution in [3.8, 4) is 5.75 Å². The molecule has 9 nitrogen and oxygen atoms in total. The van der Waals surface area contributed by atoms with E-state index in [1.54, 1.807) is 6.20 Å². The van der Waals surface area contributed by atoms with Crippen LogP contribution in [0.15, 0.2) is 53.1 Å². The summed E-state index contributed by atoms with van der Waals surface area (Å²) in [6.45, 7) is 0. The molecule has 0 aliphatic rings. The third-order valence-electron chi connectivity index (χ3n) is 3.56. The number of hydrogen-bond donors (Lipinski definition) is 0. The first kappa shape index (κ1) is 22.3. The Morgan fingerprint density at radius 2 is 2.16 bits per heavy atom. The van der Waals surface area contributed by atoms with Crippen molar-refractivity contribution in [1.29, 1.82) is 0 Å². The van der Waals surface area contributed by atoms with Gasteiger partial charge in [-0.05, 0) is 23.8 Å². The van der Waals surface area contributed by atoms with Crippen LogP contribution in [0, 0.1) is 0 Å². The Balaban J connectivity index is 1.65. The molecule has 3 rings (SSSR count). The summed E-state index contributed by atoms with van der Waals surface area (Å²) in [6, 6.07) is 6.64. The number of hydrogen-bond acceptors (Lipinski definition) is 8. The van der Waals surface area contributed by atoms with Gasteiger partial charge in [0.05, 0.1) is 19.2 Å². The highest BCUT2D eigenvalue weighted by atomic mass is 32.2. The van der Waals surface area contributed by atoms with Crippen LogP contribution in [0.25, 0.3) is 0 Å². The van der Waals surface area contributed by atoms with Gasteiger partial charge in [-0.2, -0.15) is 32.4 Å². The number of esters is 1. The molecule has 164 valence electrons. The van der Waals surface area contributed by atoms with Gasteiger partial charge in [0.1, 0.15) is 12.1 Å². The molecule has 0 saturated heterocycles. The molecule has 0 atom stereocenters. The lowest BCUT2D eigenvalue weighted by Gasteiger charge is -2.16. The van der Waals surface area contributed by atoms with Gasteiger partial charge in [-0.1, -0.05) is 23.9 Å². The third-order valence-corrected chi connectivity index (χ3v) is 4.48. The van der Waals surface area contributed by atoms with Crippen LogP contribution in [0.3, 0.4) is 0 Å². The van der Waals surface area contributed by atoms with Crippen LogP contribution in [-0.2, 0) is 10.6 Å². The lowest BCUT2D eigenvalue weighted by atomic mass is 10.2. The van der Waals surface area contributed by atoms with E-state index in [9.17, 15) is 22.4 Å². The number of carbonyl (C=O) groups is 1. The zero-order valence-corrected chi connectivity index (χ0v) is 16.5. The third kappa shape index (κ3) is 5.81. The molecule has 2 aromatic heterocycles. The van der Waals surface area contributed by atoms with Crippen molar-refractivity contribution in [2.75, 3.05) is 7.11 Å². The monoisotopic (exact) mass is 458 g/mol. The lowest BCUT2D eigenvalue weighted by Crippen LogP contribution is -2.33. The first-order valence-corrected chi connectivity index (χ1v) is 9.41. The fourth-order valence-corrected chi connectivity index (χ4v) is 2.88. The molecule has 0 fully saturated rings. The molecule has 0 aliphatic carbocycles. The van der Waals surface area contributed by atoms with E-state index in [1.165, 1.54) is 59.0 Å². The quantitative estimate of drug-likeness (QED) is 0.210. The maximum absolute atomic E-state index is 13.1. The minimum absolute atomic E-state index is 0.155. The molecular weight excluding hydrogens is 444 g/mol. The maximum Gasteiger partial charge on any atom is 0.461 e. The molecule has 0 bridgehead atoms. The normalized spacial score (nSPS) is 11.9. The number of alkyl halides is 4. The summed E-state index contributed by atoms with van der Waals surface area (Å²) in [5.74, 6) is -0.709. The standard InChI is InChI=1S/C17H14F4N6O3S/c1-29-14(28)13-5-6-26(25-13)10-31-16-24-22-9-27(16)23-8-11-3-2-4-12(7-11)30-17(20,21)15(18)19/h2-9,15H,10H2,1H3. The Kier molecular flexibility index (Phi) is 6.89. The lowest BCUT2D eigenvalue weighted by molar-refractivity contribution is -0.253. The number of halogens is 4. The minimum Gasteiger partial charge on any atom is -0.464 e. The summed E-state index contributed by atoms with van der Waals surface area (Å²) in [4.78, 5) is 11.4. The topological polar surface area (TPSA) is 96.4 Å². The van der Waals surface area contributed by atoms with Crippen LogP contribution in [-0.4, -0.2) is 56.5 Å². The zero-order valence-electron chi connectivity index (χ0n) is 15.7. The minimum atomic E-state index is -4.60. The molecule has 14 heteroatoms. The summed E-state index contributed by atoms with van der Waals surface area (Å²) in [5, 5.41) is 16.2. The van der Waals surface area contributed by atoms with E-state index in [4.69, 9.17) is 0 Å². The molecule has 3 aromatic rings. The Morgan fingerprint density at radius 3 is 2.90 bits per heavy atom. The summed E-state index contributed by atoms with van der Waals surface area (Å²) >= 11 is 1.21. The molecule has 0 unspecified atom stereocenters. The van der Waals surface area contributed by atoms with Gasteiger partial charge < -0.3 is 9.47 Å². The predicted molar refractivity (Wildman–Crippen MR) is 100 cm³/mol. The number of ether oxygens (including phenoxy) is 2. The van der Waals surface area contributed by atoms with Crippen molar-refractivity contribution in [3.63, 3.8) is 0 Å². The molecule has 0 N–H and O–H groups in total. The number of nitrogens with zero attached hydrogens (tertiary/aromatic N) is 6. The van der Waals surface area contributed by atoms with Crippen LogP contribution >= 0.6 is 11.8 Å². The van der Waals surface area contributed by atoms with E-state index in [2.05, 4.69) is 29.9 Å². The van der Waals surface area contributed by atoms with Crippen LogP contribution in [0.5, 0.6) is 5.75 Å². The van der Waals surface area contributed by atoms with Gasteiger partial charge in [0.15, 0.2) is 5.69 Å². The molecule has 0 saturated carbocycles. The largest absolute Gasteiger partial charge is 0.464 e. The number of benzene rings is 1. The van der Waals surface area contributed by atoms with E-state index >= 15 is 0 Å². The first-order chi connectivity index (χ1) is 14.8. The van der Waals surface area contributed by atoms with Gasteiger partial charge in [0.25, 0.3) is 0 Å². The summed E-state index contributed by atoms with van der Waals surface area (Å²) in [7, 11) is 1.25. The summed E-state index contributed by atoms with van der Waals surface area (Å²) in [5.41, 5.74) is 0.476. The maximum atomic E-state index is 13.1. The zero-order chi connectivity index (χ0) is 22.4. The van der Waals surface area contributed by atoms with E-state index in [0.29, 0.717) is 10.7 Å². The molecule has 1 aromatic carbocycles. The Labute approximate surface area is 176 Å². The molecule has 0 amide bonds. The van der Waals surface area contributed by atoms with E-state index in [1.807, 2.05) is 0 Å². The molecule has 0 aliphatic heterocycles. The van der Waals surface area contributed by atoms with Crippen molar-refractivity contribution in [3.05, 3.63) is 54.1 Å². The van der Waals surface area contributed by atoms with Crippen LogP contribution in [0.2, 0.25) is 0 Å². The van der Waals surface area contributed by atoms with Gasteiger partial charge in [0, 0.05) is 6.20 Å². The van der Waals surface area contributed by atoms with Gasteiger partial charge in [-0.25, -0.2) is 4.79 Å². The van der Waals surface area contributed by atoms with Crippen LogP contribution in [0.4, 0.5) is 17.6 Å². The second kappa shape index (κ2) is 9.59. The second-order valence-electron chi connectivity index (χ2n) is 5.75. The van der Waals surface area contributed by atoms with Crippen molar-refractivity contribution >= 4 is 23.9 Å². The summed E-state index contributed by atoms with van der Waals surface area (Å²) < 4.78 is 62.1. The smallest absolute Gasteiger partial charge is 0.461 e. The number of rotatable bonds is 9. The van der Waals surface area contributed by atoms with Gasteiger partial charge in [-0.15, -0.1) is 10.2 Å². The van der Waals surface area contributed by atoms with Gasteiger partial charge >= 0.3 is 18.5 Å². The first-order valence-electron chi connectivity index (χ1n) is 8.42. The van der Waals surface area contributed by atoms with Gasteiger partial charge in [-0.3, -0.25) is 4.68 Å². The van der Waals surface area contributed by atoms with Gasteiger partial charge in [0.2, 0.25) is 5.16 Å². The van der Waals surface area contributed by atoms with Crippen molar-refractivity contribution in [1.82, 2.24) is 24.7 Å². The molecule has 0 radical (unpaired) electrons. The molecule has 2 heterocycles. The SMILES string of the molecule is COC(=O)c1ccn(CSc2nncn2N=Cc2cccc(OC(F)(F)C(F)F)c2)n1. The van der Waals surface area contributed by atoms with Crippen molar-refractivity contribution in [2.45, 2.75) is 23.6 Å². The van der Waals surface area contributed by atoms with Crippen LogP contribution < -0.4 is 4.74 Å². The molecule has 31 heavy (non-hydrogen) atoms. The van der Waals surface area contributed by atoms with E-state index in [-0.39, 0.29) is 11.6 Å². The number of aromatic nitrogens is 5. The highest BCUT2D eigenvalue weighted by Gasteiger charge is 2.43. The Bertz CT molecular complexity index is 1070. The molecule has 0 spiro atoms. The average molecular weight is 458 g/mol.